The van der Waals surface area contributed by atoms with Gasteiger partial charge in [0, 0.05) is 28.3 Å². The maximum Gasteiger partial charge on any atom is 0.322 e. The van der Waals surface area contributed by atoms with Crippen LogP contribution in [0.2, 0.25) is 5.02 Å². The van der Waals surface area contributed by atoms with Crippen LogP contribution in [0.3, 0.4) is 0 Å². The second kappa shape index (κ2) is 8.46. The monoisotopic (exact) mass is 399 g/mol. The lowest BCUT2D eigenvalue weighted by Crippen LogP contribution is -2.38. The van der Waals surface area contributed by atoms with Crippen LogP contribution < -0.4 is 10.9 Å². The Labute approximate surface area is 167 Å². The topological polar surface area (TPSA) is 85.4 Å². The lowest BCUT2D eigenvalue weighted by Gasteiger charge is -2.22. The average Bonchev–Trinajstić information content (AvgIpc) is 2.65. The van der Waals surface area contributed by atoms with Crippen LogP contribution in [-0.4, -0.2) is 34.2 Å². The molecule has 0 saturated heterocycles. The van der Waals surface area contributed by atoms with E-state index in [2.05, 4.69) is 10.3 Å². The molecule has 3 aromatic rings. The summed E-state index contributed by atoms with van der Waals surface area (Å²) in [4.78, 5) is 29.4. The maximum absolute atomic E-state index is 12.6. The molecule has 0 unspecified atom stereocenters. The first kappa shape index (κ1) is 19.9. The number of nitrogens with zero attached hydrogens (tertiary/aromatic N) is 1. The highest BCUT2D eigenvalue weighted by molar-refractivity contribution is 6.30. The Morgan fingerprint density at radius 3 is 2.50 bits per heavy atom. The fourth-order valence-electron chi connectivity index (χ4n) is 2.95. The molecular formula is C21H22ClN3O3. The van der Waals surface area contributed by atoms with Crippen molar-refractivity contribution in [3.63, 3.8) is 0 Å². The van der Waals surface area contributed by atoms with E-state index in [-0.39, 0.29) is 25.3 Å². The van der Waals surface area contributed by atoms with Crippen molar-refractivity contribution >= 4 is 34.2 Å². The van der Waals surface area contributed by atoms with Crippen LogP contribution in [0.1, 0.15) is 16.7 Å². The number of aromatic amines is 1. The van der Waals surface area contributed by atoms with Crippen molar-refractivity contribution in [1.29, 1.82) is 0 Å². The molecule has 0 fully saturated rings. The maximum atomic E-state index is 12.6. The number of aromatic nitrogens is 1. The number of aliphatic hydroxyl groups is 1. The van der Waals surface area contributed by atoms with Crippen molar-refractivity contribution in [2.75, 3.05) is 18.5 Å². The van der Waals surface area contributed by atoms with E-state index in [1.165, 1.54) is 4.90 Å². The minimum atomic E-state index is -0.407. The Kier molecular flexibility index (Phi) is 6.02. The van der Waals surface area contributed by atoms with Crippen molar-refractivity contribution in [3.05, 3.63) is 74.5 Å². The number of nitrogens with one attached hydrogen (secondary N) is 2. The number of rotatable bonds is 5. The molecule has 0 aliphatic carbocycles. The number of benzene rings is 2. The molecule has 0 spiro atoms. The van der Waals surface area contributed by atoms with Gasteiger partial charge >= 0.3 is 6.03 Å². The molecule has 6 nitrogen and oxygen atoms in total. The first-order valence-corrected chi connectivity index (χ1v) is 9.30. The first-order valence-electron chi connectivity index (χ1n) is 8.93. The lowest BCUT2D eigenvalue weighted by atomic mass is 10.0. The van der Waals surface area contributed by atoms with Crippen LogP contribution in [0.5, 0.6) is 0 Å². The predicted molar refractivity (Wildman–Crippen MR) is 112 cm³/mol. The van der Waals surface area contributed by atoms with Gasteiger partial charge in [0.1, 0.15) is 0 Å². The second-order valence-corrected chi connectivity index (χ2v) is 7.17. The molecule has 0 saturated carbocycles. The Hall–Kier alpha value is -2.83. The van der Waals surface area contributed by atoms with E-state index in [1.807, 2.05) is 26.0 Å². The van der Waals surface area contributed by atoms with Crippen molar-refractivity contribution in [1.82, 2.24) is 9.88 Å². The van der Waals surface area contributed by atoms with Crippen molar-refractivity contribution in [2.24, 2.45) is 0 Å². The van der Waals surface area contributed by atoms with Crippen LogP contribution in [0.25, 0.3) is 10.9 Å². The van der Waals surface area contributed by atoms with Gasteiger partial charge in [0.15, 0.2) is 0 Å². The van der Waals surface area contributed by atoms with Gasteiger partial charge in [0.25, 0.3) is 5.56 Å². The first-order chi connectivity index (χ1) is 13.4. The largest absolute Gasteiger partial charge is 0.395 e. The molecule has 3 N–H and O–H groups in total. The lowest BCUT2D eigenvalue weighted by molar-refractivity contribution is 0.185. The number of hydrogen-bond donors (Lipinski definition) is 3. The number of H-pyrrole nitrogens is 1. The fourth-order valence-corrected chi connectivity index (χ4v) is 3.08. The van der Waals surface area contributed by atoms with E-state index >= 15 is 0 Å². The number of urea groups is 1. The molecule has 2 amide bonds. The van der Waals surface area contributed by atoms with Crippen LogP contribution >= 0.6 is 11.6 Å². The Morgan fingerprint density at radius 2 is 1.82 bits per heavy atom. The van der Waals surface area contributed by atoms with Crippen molar-refractivity contribution < 1.29 is 9.90 Å². The molecule has 0 bridgehead atoms. The molecule has 0 radical (unpaired) electrons. The number of aryl methyl sites for hydroxylation is 2. The third-order valence-corrected chi connectivity index (χ3v) is 4.90. The molecule has 1 aromatic heterocycles. The summed E-state index contributed by atoms with van der Waals surface area (Å²) in [6, 6.07) is 12.0. The zero-order chi connectivity index (χ0) is 20.3. The van der Waals surface area contributed by atoms with E-state index in [4.69, 9.17) is 11.6 Å². The van der Waals surface area contributed by atoms with Gasteiger partial charge in [-0.3, -0.25) is 4.79 Å². The van der Waals surface area contributed by atoms with Gasteiger partial charge in [0.05, 0.1) is 13.2 Å². The number of halogens is 1. The normalized spacial score (nSPS) is 10.9. The van der Waals surface area contributed by atoms with Gasteiger partial charge in [-0.2, -0.15) is 0 Å². The third-order valence-electron chi connectivity index (χ3n) is 4.65. The summed E-state index contributed by atoms with van der Waals surface area (Å²) in [5.41, 5.74) is 3.76. The highest BCUT2D eigenvalue weighted by atomic mass is 35.5. The van der Waals surface area contributed by atoms with Crippen LogP contribution in [0.15, 0.2) is 47.3 Å². The summed E-state index contributed by atoms with van der Waals surface area (Å²) in [6.07, 6.45) is 0. The SMILES string of the molecule is Cc1cc2cc(CN(CCO)C(=O)Nc3ccc(Cl)cc3)c(=O)[nH]c2cc1C. The number of hydrogen-bond acceptors (Lipinski definition) is 3. The summed E-state index contributed by atoms with van der Waals surface area (Å²) >= 11 is 5.86. The number of amides is 2. The van der Waals surface area contributed by atoms with Crippen LogP contribution in [0.4, 0.5) is 10.5 Å². The zero-order valence-corrected chi connectivity index (χ0v) is 16.5. The quantitative estimate of drug-likeness (QED) is 0.609. The number of anilines is 1. The molecule has 0 aliphatic rings. The summed E-state index contributed by atoms with van der Waals surface area (Å²) in [5.74, 6) is 0. The van der Waals surface area contributed by atoms with E-state index in [0.717, 1.165) is 22.0 Å². The molecule has 3 rings (SSSR count). The standard InChI is InChI=1S/C21H22ClN3O3/c1-13-9-15-11-16(20(27)24-19(15)10-14(13)2)12-25(7-8-26)21(28)23-18-5-3-17(22)4-6-18/h3-6,9-11,26H,7-8,12H2,1-2H3,(H,23,28)(H,24,27). The molecule has 0 atom stereocenters. The number of aliphatic hydroxyl groups excluding tert-OH is 1. The minimum absolute atomic E-state index is 0.0815. The van der Waals surface area contributed by atoms with Crippen LogP contribution in [-0.2, 0) is 6.54 Å². The second-order valence-electron chi connectivity index (χ2n) is 6.73. The van der Waals surface area contributed by atoms with E-state index in [9.17, 15) is 14.7 Å². The van der Waals surface area contributed by atoms with E-state index in [0.29, 0.717) is 16.3 Å². The Balaban J connectivity index is 1.86. The molecule has 28 heavy (non-hydrogen) atoms. The van der Waals surface area contributed by atoms with Crippen molar-refractivity contribution in [3.8, 4) is 0 Å². The highest BCUT2D eigenvalue weighted by Crippen LogP contribution is 2.18. The average molecular weight is 400 g/mol. The van der Waals surface area contributed by atoms with Gasteiger partial charge in [-0.1, -0.05) is 11.6 Å². The predicted octanol–water partition coefficient (Wildman–Crippen LogP) is 3.82. The molecule has 146 valence electrons. The number of carbonyl (C=O) groups excluding carboxylic acids is 1. The van der Waals surface area contributed by atoms with Gasteiger partial charge in [-0.15, -0.1) is 0 Å². The van der Waals surface area contributed by atoms with Crippen LogP contribution in [0, 0.1) is 13.8 Å². The summed E-state index contributed by atoms with van der Waals surface area (Å²) < 4.78 is 0. The van der Waals surface area contributed by atoms with Gasteiger partial charge in [-0.05, 0) is 72.8 Å². The highest BCUT2D eigenvalue weighted by Gasteiger charge is 2.16. The van der Waals surface area contributed by atoms with Crippen molar-refractivity contribution in [2.45, 2.75) is 20.4 Å². The number of fused-ring (bicyclic) bond motifs is 1. The molecule has 7 heteroatoms. The third kappa shape index (κ3) is 4.52. The molecule has 2 aromatic carbocycles. The summed E-state index contributed by atoms with van der Waals surface area (Å²) in [7, 11) is 0. The number of pyridine rings is 1. The van der Waals surface area contributed by atoms with Gasteiger partial charge in [0.2, 0.25) is 0 Å². The fraction of sp³-hybridized carbons (Fsp3) is 0.238. The van der Waals surface area contributed by atoms with E-state index in [1.54, 1.807) is 30.3 Å². The summed E-state index contributed by atoms with van der Waals surface area (Å²) in [6.45, 7) is 3.97. The molecule has 0 aliphatic heterocycles. The molecular weight excluding hydrogens is 378 g/mol. The molecule has 1 heterocycles. The summed E-state index contributed by atoms with van der Waals surface area (Å²) in [5, 5.41) is 13.6. The minimum Gasteiger partial charge on any atom is -0.395 e. The number of carbonyl (C=O) groups is 1. The Bertz CT molecular complexity index is 1060. The van der Waals surface area contributed by atoms with Gasteiger partial charge in [-0.25, -0.2) is 4.79 Å². The zero-order valence-electron chi connectivity index (χ0n) is 15.8. The Morgan fingerprint density at radius 1 is 1.14 bits per heavy atom. The smallest absolute Gasteiger partial charge is 0.322 e. The van der Waals surface area contributed by atoms with Gasteiger partial charge < -0.3 is 20.3 Å². The van der Waals surface area contributed by atoms with E-state index < -0.39 is 6.03 Å².